The Hall–Kier alpha value is -1.99. The minimum atomic E-state index is -1.97. The lowest BCUT2D eigenvalue weighted by Gasteiger charge is -2.48. The lowest BCUT2D eigenvalue weighted by atomic mass is 9.96. The molecule has 0 aromatic carbocycles. The van der Waals surface area contributed by atoms with Gasteiger partial charge in [0.2, 0.25) is 5.91 Å². The molecule has 17 atom stereocenters. The zero-order valence-corrected chi connectivity index (χ0v) is 62.9. The maximum absolute atomic E-state index is 13.5. The summed E-state index contributed by atoms with van der Waals surface area (Å²) in [6.07, 6.45) is 49.4. The summed E-state index contributed by atoms with van der Waals surface area (Å²) in [5.74, 6) is -0.240. The maximum atomic E-state index is 13.5. The number of carbonyl (C=O) groups is 1. The Morgan fingerprint density at radius 1 is 0.360 bits per heavy atom. The van der Waals surface area contributed by atoms with E-state index in [2.05, 4.69) is 55.6 Å². The lowest BCUT2D eigenvalue weighted by molar-refractivity contribution is -0.379. The number of nitrogens with one attached hydrogen (secondary N) is 1. The smallest absolute Gasteiger partial charge is 0.220 e. The normalized spacial score (nSPS) is 26.6. The first kappa shape index (κ1) is 92.2. The fourth-order valence-electron chi connectivity index (χ4n) is 14.1. The molecule has 19 heteroatoms. The van der Waals surface area contributed by atoms with Crippen LogP contribution in [0.25, 0.3) is 0 Å². The molecule has 0 aliphatic carbocycles. The van der Waals surface area contributed by atoms with Crippen molar-refractivity contribution in [2.45, 2.75) is 446 Å². The van der Waals surface area contributed by atoms with E-state index in [0.717, 1.165) is 64.2 Å². The lowest BCUT2D eigenvalue weighted by Crippen LogP contribution is -2.66. The van der Waals surface area contributed by atoms with Crippen LogP contribution in [-0.4, -0.2) is 193 Å². The first-order chi connectivity index (χ1) is 48.8. The first-order valence-electron chi connectivity index (χ1n) is 41.2. The predicted octanol–water partition coefficient (Wildman–Crippen LogP) is 13.9. The van der Waals surface area contributed by atoms with E-state index in [1.807, 2.05) is 0 Å². The largest absolute Gasteiger partial charge is 0.394 e. The Morgan fingerprint density at radius 2 is 0.660 bits per heavy atom. The summed E-state index contributed by atoms with van der Waals surface area (Å²) in [5.41, 5.74) is 0. The summed E-state index contributed by atoms with van der Waals surface area (Å²) >= 11 is 0. The third-order valence-corrected chi connectivity index (χ3v) is 20.7. The van der Waals surface area contributed by atoms with E-state index in [-0.39, 0.29) is 18.9 Å². The van der Waals surface area contributed by atoms with E-state index in [1.54, 1.807) is 0 Å². The summed E-state index contributed by atoms with van der Waals surface area (Å²) in [6, 6.07) is -0.890. The zero-order valence-electron chi connectivity index (χ0n) is 62.9. The maximum Gasteiger partial charge on any atom is 0.220 e. The van der Waals surface area contributed by atoms with Gasteiger partial charge in [0.15, 0.2) is 18.9 Å². The SMILES string of the molecule is CCCCCCC/C=C\C/C=C\C/C=C\CCCCCCCCCCCCCCC(=O)NC(COC1OC(CO)C(OC2OC(CO)C(OC3OC(CO)C(O)C(O)C3O)C(O)C2O)C(O)C1O)C(O)CCCCCCCCCCCCCCCCCCCCCCCCCCCCCC. The van der Waals surface area contributed by atoms with Crippen LogP contribution in [0.15, 0.2) is 36.5 Å². The van der Waals surface area contributed by atoms with Crippen molar-refractivity contribution in [3.63, 3.8) is 0 Å². The monoisotopic (exact) mass is 1430 g/mol. The fraction of sp³-hybridized carbons (Fsp3) is 0.914. The average molecular weight is 1430 g/mol. The molecular formula is C81H151NO18. The highest BCUT2D eigenvalue weighted by Gasteiger charge is 2.54. The van der Waals surface area contributed by atoms with Crippen molar-refractivity contribution in [1.29, 1.82) is 0 Å². The van der Waals surface area contributed by atoms with E-state index in [4.69, 9.17) is 28.4 Å². The number of hydrogen-bond acceptors (Lipinski definition) is 18. The summed E-state index contributed by atoms with van der Waals surface area (Å²) < 4.78 is 34.5. The molecule has 100 heavy (non-hydrogen) atoms. The number of amides is 1. The quantitative estimate of drug-likeness (QED) is 0.0199. The van der Waals surface area contributed by atoms with Gasteiger partial charge in [0.05, 0.1) is 38.6 Å². The zero-order chi connectivity index (χ0) is 72.5. The second kappa shape index (κ2) is 62.1. The molecule has 3 rings (SSSR count). The summed E-state index contributed by atoms with van der Waals surface area (Å²) in [7, 11) is 0. The number of ether oxygens (including phenoxy) is 6. The molecule has 17 unspecified atom stereocenters. The van der Waals surface area contributed by atoms with Crippen LogP contribution in [0, 0.1) is 0 Å². The summed E-state index contributed by atoms with van der Waals surface area (Å²) in [6.45, 7) is 1.84. The van der Waals surface area contributed by atoms with Crippen LogP contribution in [0.4, 0.5) is 0 Å². The molecule has 12 N–H and O–H groups in total. The molecule has 0 aromatic heterocycles. The van der Waals surface area contributed by atoms with Gasteiger partial charge in [-0.1, -0.05) is 320 Å². The van der Waals surface area contributed by atoms with Gasteiger partial charge in [-0.2, -0.15) is 0 Å². The fourth-order valence-corrected chi connectivity index (χ4v) is 14.1. The Labute approximate surface area is 606 Å². The molecule has 0 saturated carbocycles. The van der Waals surface area contributed by atoms with Gasteiger partial charge in [-0.25, -0.2) is 0 Å². The van der Waals surface area contributed by atoms with Crippen molar-refractivity contribution < 1.29 is 89.4 Å². The van der Waals surface area contributed by atoms with Crippen LogP contribution >= 0.6 is 0 Å². The van der Waals surface area contributed by atoms with Gasteiger partial charge in [-0.05, 0) is 51.4 Å². The van der Waals surface area contributed by atoms with E-state index in [1.165, 1.54) is 244 Å². The van der Waals surface area contributed by atoms with Gasteiger partial charge < -0.3 is 89.9 Å². The topological polar surface area (TPSA) is 307 Å². The van der Waals surface area contributed by atoms with Gasteiger partial charge in [-0.3, -0.25) is 4.79 Å². The number of rotatable bonds is 66. The van der Waals surface area contributed by atoms with Crippen molar-refractivity contribution >= 4 is 5.91 Å². The van der Waals surface area contributed by atoms with Crippen LogP contribution in [0.2, 0.25) is 0 Å². The molecular weight excluding hydrogens is 1270 g/mol. The number of unbranched alkanes of at least 4 members (excludes halogenated alkanes) is 44. The molecule has 3 saturated heterocycles. The van der Waals surface area contributed by atoms with Gasteiger partial charge in [-0.15, -0.1) is 0 Å². The van der Waals surface area contributed by atoms with Gasteiger partial charge in [0.1, 0.15) is 73.2 Å². The minimum Gasteiger partial charge on any atom is -0.394 e. The third-order valence-electron chi connectivity index (χ3n) is 20.7. The van der Waals surface area contributed by atoms with E-state index in [9.17, 15) is 61.0 Å². The Kier molecular flexibility index (Phi) is 57.3. The van der Waals surface area contributed by atoms with Crippen LogP contribution < -0.4 is 5.32 Å². The molecule has 3 aliphatic heterocycles. The van der Waals surface area contributed by atoms with Crippen molar-refractivity contribution in [3.05, 3.63) is 36.5 Å². The van der Waals surface area contributed by atoms with Crippen molar-refractivity contribution in [3.8, 4) is 0 Å². The molecule has 1 amide bonds. The number of hydrogen-bond donors (Lipinski definition) is 12. The first-order valence-corrected chi connectivity index (χ1v) is 41.2. The van der Waals surface area contributed by atoms with E-state index in [0.29, 0.717) is 12.8 Å². The molecule has 0 spiro atoms. The second-order valence-electron chi connectivity index (χ2n) is 29.6. The van der Waals surface area contributed by atoms with E-state index < -0.39 is 124 Å². The Bertz CT molecular complexity index is 1950. The number of carbonyl (C=O) groups excluding carboxylic acids is 1. The van der Waals surface area contributed by atoms with Crippen LogP contribution in [-0.2, 0) is 33.2 Å². The second-order valence-corrected chi connectivity index (χ2v) is 29.6. The molecule has 3 heterocycles. The number of allylic oxidation sites excluding steroid dienone is 6. The minimum absolute atomic E-state index is 0.240. The Balaban J connectivity index is 1.37. The van der Waals surface area contributed by atoms with Gasteiger partial charge in [0.25, 0.3) is 0 Å². The highest BCUT2D eigenvalue weighted by atomic mass is 16.8. The number of aliphatic hydroxyl groups excluding tert-OH is 11. The van der Waals surface area contributed by atoms with Crippen molar-refractivity contribution in [2.75, 3.05) is 26.4 Å². The molecule has 3 aliphatic rings. The summed E-state index contributed by atoms with van der Waals surface area (Å²) in [4.78, 5) is 13.5. The van der Waals surface area contributed by atoms with Crippen molar-refractivity contribution in [2.24, 2.45) is 0 Å². The van der Waals surface area contributed by atoms with E-state index >= 15 is 0 Å². The highest BCUT2D eigenvalue weighted by molar-refractivity contribution is 5.76. The average Bonchev–Trinajstić information content (AvgIpc) is 0.783. The third kappa shape index (κ3) is 41.8. The Morgan fingerprint density at radius 3 is 1.03 bits per heavy atom. The molecule has 0 radical (unpaired) electrons. The van der Waals surface area contributed by atoms with Gasteiger partial charge in [0, 0.05) is 6.42 Å². The van der Waals surface area contributed by atoms with Gasteiger partial charge >= 0.3 is 0 Å². The molecule has 0 bridgehead atoms. The van der Waals surface area contributed by atoms with Crippen LogP contribution in [0.1, 0.15) is 341 Å². The number of aliphatic hydroxyl groups is 11. The highest BCUT2D eigenvalue weighted by Crippen LogP contribution is 2.33. The molecule has 588 valence electrons. The summed E-state index contributed by atoms with van der Waals surface area (Å²) in [5, 5.41) is 121. The molecule has 3 fully saturated rings. The van der Waals surface area contributed by atoms with Crippen LogP contribution in [0.5, 0.6) is 0 Å². The molecule has 0 aromatic rings. The molecule has 19 nitrogen and oxygen atoms in total. The standard InChI is InChI=1S/C81H151NO18/c1-3-5-7-9-11-13-15-17-19-21-23-25-27-29-31-33-34-36-38-40-42-44-46-48-50-52-54-56-58-65(86)64(82-69(87)59-57-55-53-51-49-47-45-43-41-39-37-35-32-30-28-26-24-22-20-18-16-14-12-10-8-6-4-2)63-95-79-75(93)72(90)77(67(61-84)97-79)100-81-76(94)73(91)78(68(62-85)98-81)99-80-74(92)71(89)70(88)66(60-83)96-80/h16,18,22,24,28,30,64-68,70-81,83-86,88-94H,3-15,17,19-21,23,25-27,29,31-63H2,1-2H3,(H,82,87)/b18-16-,24-22-,30-28-. The van der Waals surface area contributed by atoms with Crippen LogP contribution in [0.3, 0.4) is 0 Å². The van der Waals surface area contributed by atoms with Crippen molar-refractivity contribution in [1.82, 2.24) is 5.32 Å². The predicted molar refractivity (Wildman–Crippen MR) is 397 cm³/mol.